The molecular formula is C15H19BF4Se. The Morgan fingerprint density at radius 1 is 1.05 bits per heavy atom. The van der Waals surface area contributed by atoms with Crippen LogP contribution in [-0.2, 0) is 11.8 Å². The number of benzene rings is 1. The third-order valence-corrected chi connectivity index (χ3v) is 6.42. The van der Waals surface area contributed by atoms with Crippen LogP contribution in [0.15, 0.2) is 30.3 Å². The van der Waals surface area contributed by atoms with E-state index < -0.39 is 7.25 Å². The van der Waals surface area contributed by atoms with Crippen LogP contribution in [0.3, 0.4) is 0 Å². The van der Waals surface area contributed by atoms with E-state index in [1.54, 1.807) is 8.87 Å². The van der Waals surface area contributed by atoms with Crippen LogP contribution >= 0.6 is 0 Å². The van der Waals surface area contributed by atoms with Crippen LogP contribution in [0, 0.1) is 0 Å². The summed E-state index contributed by atoms with van der Waals surface area (Å²) in [5, 5.41) is 2.90. The maximum atomic E-state index is 9.75. The van der Waals surface area contributed by atoms with Crippen LogP contribution in [-0.4, -0.2) is 21.8 Å². The summed E-state index contributed by atoms with van der Waals surface area (Å²) in [6.07, 6.45) is 1.18. The molecule has 2 aromatic rings. The van der Waals surface area contributed by atoms with Crippen molar-refractivity contribution in [2.24, 2.45) is 0 Å². The summed E-state index contributed by atoms with van der Waals surface area (Å²) >= 11 is 0.543. The average molecular weight is 365 g/mol. The SMILES string of the molecule is CCc1[se+]c(C(C)(C)C)cc2ccccc12.F[B-](F)(F)F. The number of fused-ring (bicyclic) bond motifs is 1. The van der Waals surface area contributed by atoms with Crippen molar-refractivity contribution in [3.63, 3.8) is 0 Å². The molecule has 0 radical (unpaired) electrons. The predicted octanol–water partition coefficient (Wildman–Crippen LogP) is 5.34. The molecule has 0 aliphatic carbocycles. The quantitative estimate of drug-likeness (QED) is 0.473. The van der Waals surface area contributed by atoms with Crippen molar-refractivity contribution < 1.29 is 17.3 Å². The van der Waals surface area contributed by atoms with E-state index in [1.165, 1.54) is 17.2 Å². The Morgan fingerprint density at radius 3 is 2.05 bits per heavy atom. The maximum absolute atomic E-state index is 9.75. The van der Waals surface area contributed by atoms with Crippen LogP contribution in [0.2, 0.25) is 0 Å². The fraction of sp³-hybridized carbons (Fsp3) is 0.400. The van der Waals surface area contributed by atoms with E-state index in [9.17, 15) is 17.3 Å². The minimum Gasteiger partial charge on any atom is -0.418 e. The fourth-order valence-corrected chi connectivity index (χ4v) is 4.38. The number of hydrogen-bond acceptors (Lipinski definition) is 0. The summed E-state index contributed by atoms with van der Waals surface area (Å²) < 4.78 is 42.3. The van der Waals surface area contributed by atoms with Gasteiger partial charge in [0.05, 0.1) is 0 Å². The number of rotatable bonds is 1. The molecule has 0 nitrogen and oxygen atoms in total. The maximum Gasteiger partial charge on any atom is 0.673 e. The van der Waals surface area contributed by atoms with Gasteiger partial charge in [0.2, 0.25) is 0 Å². The van der Waals surface area contributed by atoms with Crippen molar-refractivity contribution >= 4 is 32.5 Å². The molecule has 0 atom stereocenters. The van der Waals surface area contributed by atoms with E-state index in [0.29, 0.717) is 19.9 Å². The Labute approximate surface area is 129 Å². The van der Waals surface area contributed by atoms with Gasteiger partial charge in [-0.05, 0) is 0 Å². The molecule has 0 aliphatic heterocycles. The van der Waals surface area contributed by atoms with Crippen molar-refractivity contribution in [3.8, 4) is 0 Å². The third-order valence-electron chi connectivity index (χ3n) is 2.84. The van der Waals surface area contributed by atoms with Gasteiger partial charge in [-0.3, -0.25) is 0 Å². The van der Waals surface area contributed by atoms with Crippen molar-refractivity contribution in [1.82, 2.24) is 0 Å². The molecule has 0 unspecified atom stereocenters. The number of hydrogen-bond donors (Lipinski definition) is 0. The Morgan fingerprint density at radius 2 is 1.57 bits per heavy atom. The first-order valence-corrected chi connectivity index (χ1v) is 8.46. The minimum absolute atomic E-state index is 0.313. The summed E-state index contributed by atoms with van der Waals surface area (Å²) in [5.74, 6) is 0. The zero-order valence-electron chi connectivity index (χ0n) is 12.6. The van der Waals surface area contributed by atoms with Gasteiger partial charge >= 0.3 is 111 Å². The van der Waals surface area contributed by atoms with Crippen molar-refractivity contribution in [2.75, 3.05) is 0 Å². The Kier molecular flexibility index (Phi) is 6.00. The molecule has 0 saturated heterocycles. The van der Waals surface area contributed by atoms with Crippen molar-refractivity contribution in [3.05, 3.63) is 39.2 Å². The normalized spacial score (nSPS) is 12.0. The molecule has 0 bridgehead atoms. The first kappa shape index (κ1) is 18.2. The summed E-state index contributed by atoms with van der Waals surface area (Å²) in [4.78, 5) is 0. The minimum atomic E-state index is -6.00. The van der Waals surface area contributed by atoms with Gasteiger partial charge in [0.25, 0.3) is 0 Å². The van der Waals surface area contributed by atoms with Gasteiger partial charge in [-0.2, -0.15) is 0 Å². The van der Waals surface area contributed by atoms with Gasteiger partial charge in [-0.15, -0.1) is 0 Å². The second-order valence-corrected chi connectivity index (χ2v) is 8.10. The van der Waals surface area contributed by atoms with E-state index in [-0.39, 0.29) is 0 Å². The first-order chi connectivity index (χ1) is 9.52. The molecule has 1 heterocycles. The Hall–Kier alpha value is -0.866. The predicted molar refractivity (Wildman–Crippen MR) is 83.6 cm³/mol. The van der Waals surface area contributed by atoms with Crippen LogP contribution < -0.4 is 0 Å². The van der Waals surface area contributed by atoms with Crippen LogP contribution in [0.1, 0.15) is 36.6 Å². The van der Waals surface area contributed by atoms with Gasteiger partial charge in [-0.1, -0.05) is 0 Å². The van der Waals surface area contributed by atoms with E-state index in [2.05, 4.69) is 58.0 Å². The third kappa shape index (κ3) is 6.19. The number of halogens is 4. The molecule has 0 N–H and O–H groups in total. The second kappa shape index (κ2) is 6.93. The zero-order valence-corrected chi connectivity index (χ0v) is 14.3. The van der Waals surface area contributed by atoms with Crippen LogP contribution in [0.5, 0.6) is 0 Å². The summed E-state index contributed by atoms with van der Waals surface area (Å²) in [7, 11) is -6.00. The molecule has 0 fully saturated rings. The zero-order chi connectivity index (χ0) is 16.3. The van der Waals surface area contributed by atoms with Gasteiger partial charge in [0.15, 0.2) is 0 Å². The molecule has 1 aromatic heterocycles. The molecule has 21 heavy (non-hydrogen) atoms. The van der Waals surface area contributed by atoms with Crippen LogP contribution in [0.25, 0.3) is 10.8 Å². The average Bonchev–Trinajstić information content (AvgIpc) is 2.34. The Bertz CT molecular complexity index is 597. The van der Waals surface area contributed by atoms with Gasteiger partial charge in [0.1, 0.15) is 0 Å². The Balaban J connectivity index is 0.000000383. The van der Waals surface area contributed by atoms with E-state index >= 15 is 0 Å². The van der Waals surface area contributed by atoms with Gasteiger partial charge in [0, 0.05) is 0 Å². The smallest absolute Gasteiger partial charge is 0.418 e. The topological polar surface area (TPSA) is 0 Å². The molecule has 2 rings (SSSR count). The van der Waals surface area contributed by atoms with Gasteiger partial charge in [-0.25, -0.2) is 0 Å². The molecule has 0 aliphatic rings. The molecule has 6 heteroatoms. The summed E-state index contributed by atoms with van der Waals surface area (Å²) in [6, 6.07) is 11.2. The first-order valence-electron chi connectivity index (χ1n) is 6.75. The van der Waals surface area contributed by atoms with E-state index in [4.69, 9.17) is 0 Å². The van der Waals surface area contributed by atoms with Crippen molar-refractivity contribution in [2.45, 2.75) is 39.5 Å². The van der Waals surface area contributed by atoms with Crippen molar-refractivity contribution in [1.29, 1.82) is 0 Å². The fourth-order valence-electron chi connectivity index (χ4n) is 1.87. The van der Waals surface area contributed by atoms with E-state index in [1.807, 2.05) is 0 Å². The monoisotopic (exact) mass is 366 g/mol. The van der Waals surface area contributed by atoms with Gasteiger partial charge < -0.3 is 17.3 Å². The summed E-state index contributed by atoms with van der Waals surface area (Å²) in [5.41, 5.74) is 0.313. The molecule has 1 aromatic carbocycles. The largest absolute Gasteiger partial charge is 0.673 e. The van der Waals surface area contributed by atoms with Crippen LogP contribution in [0.4, 0.5) is 17.3 Å². The molecule has 0 amide bonds. The molecule has 0 spiro atoms. The summed E-state index contributed by atoms with van der Waals surface area (Å²) in [6.45, 7) is 9.24. The standard InChI is InChI=1S/C15H19Se.BF4/c1-5-13-12-9-7-6-8-11(12)10-14(16-13)15(2,3)4;2-1(3,4)5/h6-10H,5H2,1-4H3;/q+1;-1. The second-order valence-electron chi connectivity index (χ2n) is 5.72. The molecular weight excluding hydrogens is 346 g/mol. The molecule has 116 valence electrons. The number of aryl methyl sites for hydroxylation is 1. The van der Waals surface area contributed by atoms with E-state index in [0.717, 1.165) is 0 Å². The molecule has 0 saturated carbocycles.